The van der Waals surface area contributed by atoms with Gasteiger partial charge < -0.3 is 10.6 Å². The molecule has 3 rings (SSSR count). The molecule has 2 heterocycles. The average Bonchev–Trinajstić information content (AvgIpc) is 2.71. The molecule has 1 fully saturated rings. The molecule has 0 aliphatic carbocycles. The monoisotopic (exact) mass is 247 g/mol. The van der Waals surface area contributed by atoms with Crippen LogP contribution in [0.5, 0.6) is 0 Å². The van der Waals surface area contributed by atoms with E-state index in [-0.39, 0.29) is 0 Å². The molecule has 0 bridgehead atoms. The largest absolute Gasteiger partial charge is 0.359 e. The summed E-state index contributed by atoms with van der Waals surface area (Å²) in [7, 11) is 0. The minimum atomic E-state index is 0.581. The minimum absolute atomic E-state index is 0.581. The van der Waals surface area contributed by atoms with E-state index in [2.05, 4.69) is 40.7 Å². The van der Waals surface area contributed by atoms with Gasteiger partial charge in [0.25, 0.3) is 0 Å². The summed E-state index contributed by atoms with van der Waals surface area (Å²) in [5.74, 6) is 0. The van der Waals surface area contributed by atoms with Gasteiger partial charge in [0.1, 0.15) is 0 Å². The lowest BCUT2D eigenvalue weighted by molar-refractivity contribution is 0.479. The Labute approximate surface area is 105 Å². The molecule has 0 unspecified atom stereocenters. The van der Waals surface area contributed by atoms with Gasteiger partial charge in [-0.15, -0.1) is 0 Å². The molecule has 0 spiro atoms. The van der Waals surface area contributed by atoms with Crippen LogP contribution in [0.3, 0.4) is 0 Å². The van der Waals surface area contributed by atoms with Gasteiger partial charge >= 0.3 is 0 Å². The molecule has 2 aromatic rings. The van der Waals surface area contributed by atoms with Gasteiger partial charge in [-0.05, 0) is 50.6 Å². The fraction of sp³-hybridized carbons (Fsp3) is 0.462. The number of fused-ring (bicyclic) bond motifs is 1. The van der Waals surface area contributed by atoms with E-state index in [1.807, 2.05) is 0 Å². The van der Waals surface area contributed by atoms with Gasteiger partial charge in [-0.25, -0.2) is 4.98 Å². The lowest BCUT2D eigenvalue weighted by Gasteiger charge is -2.23. The number of thiazole rings is 1. The summed E-state index contributed by atoms with van der Waals surface area (Å²) in [6.45, 7) is 4.35. The second-order valence-corrected chi connectivity index (χ2v) is 5.69. The molecule has 0 saturated carbocycles. The zero-order valence-corrected chi connectivity index (χ0v) is 10.8. The van der Waals surface area contributed by atoms with Gasteiger partial charge in [-0.2, -0.15) is 0 Å². The molecule has 2 N–H and O–H groups in total. The van der Waals surface area contributed by atoms with Crippen molar-refractivity contribution in [2.45, 2.75) is 25.8 Å². The maximum absolute atomic E-state index is 4.63. The first-order chi connectivity index (χ1) is 8.31. The van der Waals surface area contributed by atoms with Crippen LogP contribution in [0.1, 0.15) is 18.4 Å². The average molecular weight is 247 g/mol. The minimum Gasteiger partial charge on any atom is -0.359 e. The Morgan fingerprint density at radius 1 is 1.35 bits per heavy atom. The van der Waals surface area contributed by atoms with E-state index in [0.717, 1.165) is 23.7 Å². The molecule has 17 heavy (non-hydrogen) atoms. The van der Waals surface area contributed by atoms with Crippen molar-refractivity contribution in [3.05, 3.63) is 23.8 Å². The highest BCUT2D eigenvalue weighted by atomic mass is 32.1. The number of benzene rings is 1. The Hall–Kier alpha value is -1.13. The SMILES string of the molecule is Cc1ccc2nc(NC3CCNCC3)sc2c1. The number of piperidine rings is 1. The first-order valence-electron chi connectivity index (χ1n) is 6.16. The van der Waals surface area contributed by atoms with E-state index in [1.54, 1.807) is 11.3 Å². The van der Waals surface area contributed by atoms with Crippen molar-refractivity contribution >= 4 is 26.7 Å². The Morgan fingerprint density at radius 2 is 2.18 bits per heavy atom. The fourth-order valence-electron chi connectivity index (χ4n) is 2.23. The summed E-state index contributed by atoms with van der Waals surface area (Å²) in [5.41, 5.74) is 2.41. The van der Waals surface area contributed by atoms with E-state index >= 15 is 0 Å². The van der Waals surface area contributed by atoms with Gasteiger partial charge in [-0.3, -0.25) is 0 Å². The van der Waals surface area contributed by atoms with Crippen LogP contribution >= 0.6 is 11.3 Å². The highest BCUT2D eigenvalue weighted by Crippen LogP contribution is 2.27. The number of nitrogens with zero attached hydrogens (tertiary/aromatic N) is 1. The summed E-state index contributed by atoms with van der Waals surface area (Å²) < 4.78 is 1.28. The molecular weight excluding hydrogens is 230 g/mol. The molecule has 1 aliphatic rings. The summed E-state index contributed by atoms with van der Waals surface area (Å²) in [4.78, 5) is 4.63. The number of hydrogen-bond acceptors (Lipinski definition) is 4. The predicted octanol–water partition coefficient (Wildman–Crippen LogP) is 2.77. The summed E-state index contributed by atoms with van der Waals surface area (Å²) in [6, 6.07) is 7.02. The molecule has 1 aromatic carbocycles. The van der Waals surface area contributed by atoms with Crippen molar-refractivity contribution in [1.29, 1.82) is 0 Å². The summed E-state index contributed by atoms with van der Waals surface area (Å²) >= 11 is 1.76. The molecule has 1 aliphatic heterocycles. The molecular formula is C13H17N3S. The summed E-state index contributed by atoms with van der Waals surface area (Å²) in [5, 5.41) is 8.00. The maximum Gasteiger partial charge on any atom is 0.184 e. The third kappa shape index (κ3) is 2.42. The van der Waals surface area contributed by atoms with Crippen molar-refractivity contribution in [3.8, 4) is 0 Å². The predicted molar refractivity (Wildman–Crippen MR) is 73.9 cm³/mol. The molecule has 0 amide bonds. The molecule has 1 aromatic heterocycles. The van der Waals surface area contributed by atoms with Crippen LogP contribution in [-0.2, 0) is 0 Å². The Morgan fingerprint density at radius 3 is 3.00 bits per heavy atom. The summed E-state index contributed by atoms with van der Waals surface area (Å²) in [6.07, 6.45) is 2.38. The second kappa shape index (κ2) is 4.63. The Balaban J connectivity index is 1.80. The van der Waals surface area contributed by atoms with Gasteiger partial charge in [-0.1, -0.05) is 17.4 Å². The van der Waals surface area contributed by atoms with Gasteiger partial charge in [0.15, 0.2) is 5.13 Å². The quantitative estimate of drug-likeness (QED) is 0.857. The highest BCUT2D eigenvalue weighted by Gasteiger charge is 2.14. The smallest absolute Gasteiger partial charge is 0.184 e. The van der Waals surface area contributed by atoms with Gasteiger partial charge in [0.05, 0.1) is 10.2 Å². The van der Waals surface area contributed by atoms with E-state index in [9.17, 15) is 0 Å². The number of aromatic nitrogens is 1. The molecule has 3 nitrogen and oxygen atoms in total. The van der Waals surface area contributed by atoms with Crippen molar-refractivity contribution in [1.82, 2.24) is 10.3 Å². The zero-order valence-electron chi connectivity index (χ0n) is 9.99. The van der Waals surface area contributed by atoms with E-state index in [1.165, 1.54) is 23.1 Å². The molecule has 4 heteroatoms. The third-order valence-corrected chi connectivity index (χ3v) is 4.16. The normalized spacial score (nSPS) is 17.5. The van der Waals surface area contributed by atoms with Crippen LogP contribution in [0.25, 0.3) is 10.2 Å². The Bertz CT molecular complexity index is 514. The fourth-order valence-corrected chi connectivity index (χ4v) is 3.28. The maximum atomic E-state index is 4.63. The van der Waals surface area contributed by atoms with E-state index in [0.29, 0.717) is 6.04 Å². The van der Waals surface area contributed by atoms with Crippen LogP contribution in [0.4, 0.5) is 5.13 Å². The van der Waals surface area contributed by atoms with E-state index in [4.69, 9.17) is 0 Å². The standard InChI is InChI=1S/C13H17N3S/c1-9-2-3-11-12(8-9)17-13(16-11)15-10-4-6-14-7-5-10/h2-3,8,10,14H,4-7H2,1H3,(H,15,16). The second-order valence-electron chi connectivity index (χ2n) is 4.66. The Kier molecular flexibility index (Phi) is 2.99. The number of aryl methyl sites for hydroxylation is 1. The first-order valence-corrected chi connectivity index (χ1v) is 6.97. The van der Waals surface area contributed by atoms with Crippen LogP contribution < -0.4 is 10.6 Å². The number of rotatable bonds is 2. The third-order valence-electron chi connectivity index (χ3n) is 3.21. The molecule has 0 radical (unpaired) electrons. The number of nitrogens with one attached hydrogen (secondary N) is 2. The lowest BCUT2D eigenvalue weighted by Crippen LogP contribution is -2.35. The van der Waals surface area contributed by atoms with Gasteiger partial charge in [0.2, 0.25) is 0 Å². The number of anilines is 1. The first kappa shape index (κ1) is 11.0. The van der Waals surface area contributed by atoms with Crippen molar-refractivity contribution < 1.29 is 0 Å². The van der Waals surface area contributed by atoms with Crippen LogP contribution in [0, 0.1) is 6.92 Å². The molecule has 1 saturated heterocycles. The van der Waals surface area contributed by atoms with E-state index < -0.39 is 0 Å². The number of hydrogen-bond donors (Lipinski definition) is 2. The van der Waals surface area contributed by atoms with Crippen LogP contribution in [0.2, 0.25) is 0 Å². The zero-order chi connectivity index (χ0) is 11.7. The molecule has 0 atom stereocenters. The van der Waals surface area contributed by atoms with Gasteiger partial charge in [0, 0.05) is 6.04 Å². The van der Waals surface area contributed by atoms with Crippen molar-refractivity contribution in [2.24, 2.45) is 0 Å². The lowest BCUT2D eigenvalue weighted by atomic mass is 10.1. The van der Waals surface area contributed by atoms with Crippen LogP contribution in [-0.4, -0.2) is 24.1 Å². The highest BCUT2D eigenvalue weighted by molar-refractivity contribution is 7.22. The topological polar surface area (TPSA) is 37.0 Å². The molecule has 90 valence electrons. The van der Waals surface area contributed by atoms with Crippen molar-refractivity contribution in [3.63, 3.8) is 0 Å². The van der Waals surface area contributed by atoms with Crippen molar-refractivity contribution in [2.75, 3.05) is 18.4 Å². The van der Waals surface area contributed by atoms with Crippen LogP contribution in [0.15, 0.2) is 18.2 Å².